The van der Waals surface area contributed by atoms with Gasteiger partial charge >= 0.3 is 6.09 Å². The highest BCUT2D eigenvalue weighted by Crippen LogP contribution is 2.17. The molecule has 0 aliphatic heterocycles. The fourth-order valence-corrected chi connectivity index (χ4v) is 3.89. The summed E-state index contributed by atoms with van der Waals surface area (Å²) < 4.78 is 10.1. The number of alkyl carbamates (subject to hydrolysis) is 1. The van der Waals surface area contributed by atoms with Gasteiger partial charge in [-0.05, 0) is 73.7 Å². The second-order valence-corrected chi connectivity index (χ2v) is 7.04. The van der Waals surface area contributed by atoms with Crippen molar-refractivity contribution in [1.29, 1.82) is 0 Å². The van der Waals surface area contributed by atoms with Gasteiger partial charge < -0.3 is 14.6 Å². The van der Waals surface area contributed by atoms with E-state index in [4.69, 9.17) is 4.74 Å². The van der Waals surface area contributed by atoms with E-state index in [-0.39, 0.29) is 6.09 Å². The lowest BCUT2D eigenvalue weighted by Gasteiger charge is -2.10. The van der Waals surface area contributed by atoms with Crippen LogP contribution < -0.4 is 5.32 Å². The molecule has 0 aliphatic carbocycles. The van der Waals surface area contributed by atoms with E-state index >= 15 is 0 Å². The molecule has 18 heavy (non-hydrogen) atoms. The molecule has 1 rings (SSSR count). The summed E-state index contributed by atoms with van der Waals surface area (Å²) in [6, 6.07) is 0. The first kappa shape index (κ1) is 16.7. The lowest BCUT2D eigenvalue weighted by Crippen LogP contribution is -2.29. The zero-order valence-corrected chi connectivity index (χ0v) is 16.5. The minimum absolute atomic E-state index is 0.355. The van der Waals surface area contributed by atoms with Crippen LogP contribution in [0, 0.1) is 17.2 Å². The fourth-order valence-electron chi connectivity index (χ4n) is 1.13. The van der Waals surface area contributed by atoms with Gasteiger partial charge in [-0.2, -0.15) is 0 Å². The van der Waals surface area contributed by atoms with E-state index in [9.17, 15) is 4.79 Å². The van der Waals surface area contributed by atoms with Crippen molar-refractivity contribution in [2.45, 2.75) is 20.4 Å². The van der Waals surface area contributed by atoms with E-state index < -0.39 is 0 Å². The van der Waals surface area contributed by atoms with Crippen LogP contribution in [0.4, 0.5) is 4.79 Å². The molecule has 1 aromatic rings. The molecule has 0 spiro atoms. The highest BCUT2D eigenvalue weighted by atomic mass is 127. The average Bonchev–Trinajstić information content (AvgIpc) is 2.53. The molecule has 102 valence electrons. The number of nitrogens with one attached hydrogen (secondary N) is 1. The van der Waals surface area contributed by atoms with Gasteiger partial charge in [-0.1, -0.05) is 13.8 Å². The van der Waals surface area contributed by atoms with Crippen molar-refractivity contribution in [2.75, 3.05) is 13.2 Å². The average molecular weight is 589 g/mol. The van der Waals surface area contributed by atoms with E-state index in [1.165, 1.54) is 0 Å². The van der Waals surface area contributed by atoms with Gasteiger partial charge in [-0.3, -0.25) is 0 Å². The van der Waals surface area contributed by atoms with Gasteiger partial charge in [0.1, 0.15) is 7.40 Å². The fraction of sp³-hybridized carbons (Fsp3) is 0.600. The molecule has 0 atom stereocenters. The number of rotatable bonds is 5. The number of carbonyl (C=O) groups is 1. The first-order chi connectivity index (χ1) is 8.41. The molecule has 5 nitrogen and oxygen atoms in total. The Balaban J connectivity index is 2.35. The summed E-state index contributed by atoms with van der Waals surface area (Å²) in [4.78, 5) is 15.7. The van der Waals surface area contributed by atoms with Crippen molar-refractivity contribution in [3.05, 3.63) is 11.2 Å². The number of imidazole rings is 1. The molecular formula is C10H14I3N3O2. The first-order valence-electron chi connectivity index (χ1n) is 5.39. The van der Waals surface area contributed by atoms with E-state index in [2.05, 4.69) is 82.6 Å². The van der Waals surface area contributed by atoms with Crippen LogP contribution in [0.5, 0.6) is 0 Å². The third kappa shape index (κ3) is 5.35. The van der Waals surface area contributed by atoms with Crippen LogP contribution in [-0.4, -0.2) is 28.8 Å². The molecule has 0 fully saturated rings. The summed E-state index contributed by atoms with van der Waals surface area (Å²) in [6.07, 6.45) is -0.358. The van der Waals surface area contributed by atoms with Crippen molar-refractivity contribution >= 4 is 73.9 Å². The quantitative estimate of drug-likeness (QED) is 0.538. The van der Waals surface area contributed by atoms with Crippen molar-refractivity contribution < 1.29 is 9.53 Å². The monoisotopic (exact) mass is 589 g/mol. The molecule has 1 amide bonds. The van der Waals surface area contributed by atoms with Gasteiger partial charge in [-0.25, -0.2) is 9.78 Å². The molecule has 0 saturated heterocycles. The van der Waals surface area contributed by atoms with Gasteiger partial charge in [-0.15, -0.1) is 0 Å². The Morgan fingerprint density at radius 3 is 2.61 bits per heavy atom. The first-order valence-corrected chi connectivity index (χ1v) is 8.63. The molecule has 0 aliphatic rings. The van der Waals surface area contributed by atoms with Crippen LogP contribution in [0.1, 0.15) is 13.8 Å². The van der Waals surface area contributed by atoms with Crippen LogP contribution in [0.25, 0.3) is 0 Å². The molecule has 0 aromatic carbocycles. The largest absolute Gasteiger partial charge is 0.449 e. The van der Waals surface area contributed by atoms with E-state index in [0.29, 0.717) is 25.6 Å². The number of amides is 1. The predicted octanol–water partition coefficient (Wildman–Crippen LogP) is 3.08. The second kappa shape index (κ2) is 8.07. The third-order valence-electron chi connectivity index (χ3n) is 1.97. The van der Waals surface area contributed by atoms with Crippen molar-refractivity contribution in [3.63, 3.8) is 0 Å². The standard InChI is InChI=1S/C10H14I3N3O2/c1-6(2)5-18-10(17)14-3-4-16-8(12)7(11)15-9(16)13/h6H,3-5H2,1-2H3,(H,14,17). The molecule has 1 heterocycles. The summed E-state index contributed by atoms with van der Waals surface area (Å²) >= 11 is 6.64. The molecular weight excluding hydrogens is 575 g/mol. The summed E-state index contributed by atoms with van der Waals surface area (Å²) in [5.41, 5.74) is 0. The summed E-state index contributed by atoms with van der Waals surface area (Å²) in [6.45, 7) is 5.69. The minimum Gasteiger partial charge on any atom is -0.449 e. The number of halogens is 3. The van der Waals surface area contributed by atoms with Crippen LogP contribution in [0.15, 0.2) is 0 Å². The molecule has 0 unspecified atom stereocenters. The highest BCUT2D eigenvalue weighted by molar-refractivity contribution is 14.1. The van der Waals surface area contributed by atoms with Crippen molar-refractivity contribution in [3.8, 4) is 0 Å². The van der Waals surface area contributed by atoms with Crippen LogP contribution >= 0.6 is 67.8 Å². The van der Waals surface area contributed by atoms with Crippen molar-refractivity contribution in [1.82, 2.24) is 14.9 Å². The number of nitrogens with zero attached hydrogens (tertiary/aromatic N) is 2. The van der Waals surface area contributed by atoms with Crippen LogP contribution in [0.2, 0.25) is 0 Å². The minimum atomic E-state index is -0.358. The number of hydrogen-bond donors (Lipinski definition) is 1. The van der Waals surface area contributed by atoms with Gasteiger partial charge in [0.15, 0.2) is 3.83 Å². The van der Waals surface area contributed by atoms with Gasteiger partial charge in [0.25, 0.3) is 0 Å². The topological polar surface area (TPSA) is 56.1 Å². The van der Waals surface area contributed by atoms with Crippen molar-refractivity contribution in [2.24, 2.45) is 5.92 Å². The van der Waals surface area contributed by atoms with E-state index in [0.717, 1.165) is 11.2 Å². The molecule has 0 saturated carbocycles. The zero-order chi connectivity index (χ0) is 13.7. The maximum atomic E-state index is 11.3. The molecule has 8 heteroatoms. The second-order valence-electron chi connectivity index (χ2n) is 4.03. The summed E-state index contributed by atoms with van der Waals surface area (Å²) in [5.74, 6) is 0.355. The number of carbonyl (C=O) groups excluding carboxylic acids is 1. The molecule has 1 N–H and O–H groups in total. The molecule has 0 bridgehead atoms. The Morgan fingerprint density at radius 1 is 1.44 bits per heavy atom. The normalized spacial score (nSPS) is 10.8. The lowest BCUT2D eigenvalue weighted by molar-refractivity contribution is 0.132. The summed E-state index contributed by atoms with van der Waals surface area (Å²) in [5, 5.41) is 2.73. The third-order valence-corrected chi connectivity index (χ3v) is 5.67. The maximum absolute atomic E-state index is 11.3. The Morgan fingerprint density at radius 2 is 2.11 bits per heavy atom. The van der Waals surface area contributed by atoms with Gasteiger partial charge in [0.05, 0.1) is 6.61 Å². The molecule has 1 aromatic heterocycles. The molecule has 0 radical (unpaired) electrons. The van der Waals surface area contributed by atoms with Gasteiger partial charge in [0.2, 0.25) is 0 Å². The van der Waals surface area contributed by atoms with Crippen LogP contribution in [-0.2, 0) is 11.3 Å². The van der Waals surface area contributed by atoms with E-state index in [1.54, 1.807) is 0 Å². The lowest BCUT2D eigenvalue weighted by atomic mass is 10.2. The zero-order valence-electron chi connectivity index (χ0n) is 10.0. The number of hydrogen-bond acceptors (Lipinski definition) is 3. The maximum Gasteiger partial charge on any atom is 0.407 e. The highest BCUT2D eigenvalue weighted by Gasteiger charge is 2.11. The Bertz CT molecular complexity index is 421. The van der Waals surface area contributed by atoms with Crippen LogP contribution in [0.3, 0.4) is 0 Å². The van der Waals surface area contributed by atoms with Gasteiger partial charge in [0, 0.05) is 13.1 Å². The smallest absolute Gasteiger partial charge is 0.407 e. The Labute approximate surface area is 147 Å². The predicted molar refractivity (Wildman–Crippen MR) is 94.6 cm³/mol. The SMILES string of the molecule is CC(C)COC(=O)NCCn1c(I)nc(I)c1I. The Kier molecular flexibility index (Phi) is 7.50. The number of ether oxygens (including phenoxy) is 1. The number of aromatic nitrogens is 2. The Hall–Kier alpha value is 0.670. The van der Waals surface area contributed by atoms with E-state index in [1.807, 2.05) is 13.8 Å². The summed E-state index contributed by atoms with van der Waals surface area (Å²) in [7, 11) is 0.